The average molecular weight is 314 g/mol. The molecule has 23 heavy (non-hydrogen) atoms. The van der Waals surface area contributed by atoms with Gasteiger partial charge < -0.3 is 10.6 Å². The van der Waals surface area contributed by atoms with E-state index in [2.05, 4.69) is 16.7 Å². The molecule has 0 aliphatic heterocycles. The average Bonchev–Trinajstić information content (AvgIpc) is 2.57. The highest BCUT2D eigenvalue weighted by molar-refractivity contribution is 6.39. The number of amides is 2. The molecule has 0 spiro atoms. The van der Waals surface area contributed by atoms with Crippen LogP contribution in [0.3, 0.4) is 0 Å². The van der Waals surface area contributed by atoms with Crippen LogP contribution in [0.5, 0.6) is 0 Å². The second-order valence-electron chi connectivity index (χ2n) is 6.03. The van der Waals surface area contributed by atoms with Gasteiger partial charge in [0.05, 0.1) is 0 Å². The Morgan fingerprint density at radius 2 is 2.00 bits per heavy atom. The highest BCUT2D eigenvalue weighted by Crippen LogP contribution is 2.21. The molecule has 1 aliphatic carbocycles. The normalized spacial score (nSPS) is 14.1. The van der Waals surface area contributed by atoms with Crippen molar-refractivity contribution in [3.8, 4) is 0 Å². The number of nitrogens with one attached hydrogen (secondary N) is 2. The monoisotopic (exact) mass is 314 g/mol. The Hall–Kier alpha value is -2.10. The van der Waals surface area contributed by atoms with E-state index >= 15 is 0 Å². The van der Waals surface area contributed by atoms with Crippen molar-refractivity contribution in [2.75, 3.05) is 11.9 Å². The molecule has 0 atom stereocenters. The van der Waals surface area contributed by atoms with Crippen molar-refractivity contribution in [2.45, 2.75) is 52.4 Å². The van der Waals surface area contributed by atoms with Gasteiger partial charge in [-0.2, -0.15) is 0 Å². The van der Waals surface area contributed by atoms with E-state index in [9.17, 15) is 9.59 Å². The number of para-hydroxylation sites is 1. The number of carbonyl (C=O) groups is 2. The van der Waals surface area contributed by atoms with Gasteiger partial charge in [-0.15, -0.1) is 0 Å². The first-order valence-corrected chi connectivity index (χ1v) is 8.47. The third-order valence-electron chi connectivity index (χ3n) is 4.30. The Kier molecular flexibility index (Phi) is 6.39. The molecule has 2 rings (SSSR count). The first-order chi connectivity index (χ1) is 11.1. The van der Waals surface area contributed by atoms with Crippen LogP contribution < -0.4 is 10.6 Å². The van der Waals surface area contributed by atoms with E-state index in [1.165, 1.54) is 18.4 Å². The summed E-state index contributed by atoms with van der Waals surface area (Å²) >= 11 is 0. The summed E-state index contributed by atoms with van der Waals surface area (Å²) in [7, 11) is 0. The van der Waals surface area contributed by atoms with Gasteiger partial charge in [0.25, 0.3) is 0 Å². The summed E-state index contributed by atoms with van der Waals surface area (Å²) in [5.41, 5.74) is 4.16. The van der Waals surface area contributed by atoms with Gasteiger partial charge in [-0.05, 0) is 56.6 Å². The zero-order valence-corrected chi connectivity index (χ0v) is 14.1. The SMILES string of the molecule is CCc1cccc(C)c1NC(=O)C(=O)NCCC1=CCCCC1. The number of hydrogen-bond acceptors (Lipinski definition) is 2. The van der Waals surface area contributed by atoms with Crippen molar-refractivity contribution < 1.29 is 9.59 Å². The molecule has 1 aromatic rings. The van der Waals surface area contributed by atoms with Gasteiger partial charge in [-0.25, -0.2) is 0 Å². The van der Waals surface area contributed by atoms with E-state index in [0.717, 1.165) is 42.5 Å². The molecular weight excluding hydrogens is 288 g/mol. The van der Waals surface area contributed by atoms with Crippen LogP contribution in [-0.4, -0.2) is 18.4 Å². The summed E-state index contributed by atoms with van der Waals surface area (Å²) in [5, 5.41) is 5.47. The van der Waals surface area contributed by atoms with Gasteiger partial charge in [0.15, 0.2) is 0 Å². The number of rotatable bonds is 5. The van der Waals surface area contributed by atoms with E-state index in [-0.39, 0.29) is 0 Å². The predicted molar refractivity (Wildman–Crippen MR) is 93.4 cm³/mol. The van der Waals surface area contributed by atoms with Crippen molar-refractivity contribution in [3.05, 3.63) is 41.0 Å². The second kappa shape index (κ2) is 8.51. The van der Waals surface area contributed by atoms with Crippen LogP contribution in [0.1, 0.15) is 50.2 Å². The fourth-order valence-electron chi connectivity index (χ4n) is 2.92. The number of benzene rings is 1. The van der Waals surface area contributed by atoms with Gasteiger partial charge >= 0.3 is 11.8 Å². The van der Waals surface area contributed by atoms with Crippen LogP contribution in [0.15, 0.2) is 29.8 Å². The lowest BCUT2D eigenvalue weighted by Gasteiger charge is -2.14. The van der Waals surface area contributed by atoms with Gasteiger partial charge in [-0.1, -0.05) is 36.8 Å². The molecule has 1 aliphatic rings. The van der Waals surface area contributed by atoms with Crippen molar-refractivity contribution in [3.63, 3.8) is 0 Å². The van der Waals surface area contributed by atoms with Gasteiger partial charge in [-0.3, -0.25) is 9.59 Å². The van der Waals surface area contributed by atoms with Gasteiger partial charge in [0, 0.05) is 12.2 Å². The minimum Gasteiger partial charge on any atom is -0.348 e. The highest BCUT2D eigenvalue weighted by atomic mass is 16.2. The molecule has 0 saturated heterocycles. The van der Waals surface area contributed by atoms with Crippen molar-refractivity contribution in [1.29, 1.82) is 0 Å². The zero-order chi connectivity index (χ0) is 16.7. The van der Waals surface area contributed by atoms with Gasteiger partial charge in [0.2, 0.25) is 0 Å². The Balaban J connectivity index is 1.85. The van der Waals surface area contributed by atoms with E-state index in [1.807, 2.05) is 32.0 Å². The third-order valence-corrected chi connectivity index (χ3v) is 4.30. The summed E-state index contributed by atoms with van der Waals surface area (Å²) in [4.78, 5) is 24.0. The molecule has 0 bridgehead atoms. The molecule has 1 aromatic carbocycles. The summed E-state index contributed by atoms with van der Waals surface area (Å²) in [6.45, 7) is 4.48. The molecule has 4 heteroatoms. The van der Waals surface area contributed by atoms with Gasteiger partial charge in [0.1, 0.15) is 0 Å². The fraction of sp³-hybridized carbons (Fsp3) is 0.474. The van der Waals surface area contributed by atoms with Crippen molar-refractivity contribution in [2.24, 2.45) is 0 Å². The largest absolute Gasteiger partial charge is 0.348 e. The number of carbonyl (C=O) groups excluding carboxylic acids is 2. The number of hydrogen-bond donors (Lipinski definition) is 2. The molecule has 0 unspecified atom stereocenters. The van der Waals surface area contributed by atoms with E-state index < -0.39 is 11.8 Å². The van der Waals surface area contributed by atoms with Crippen molar-refractivity contribution >= 4 is 17.5 Å². The van der Waals surface area contributed by atoms with Crippen LogP contribution in [-0.2, 0) is 16.0 Å². The maximum Gasteiger partial charge on any atom is 0.313 e. The molecule has 0 radical (unpaired) electrons. The lowest BCUT2D eigenvalue weighted by Crippen LogP contribution is -2.36. The van der Waals surface area contributed by atoms with E-state index in [1.54, 1.807) is 0 Å². The maximum atomic E-state index is 12.1. The maximum absolute atomic E-state index is 12.1. The Morgan fingerprint density at radius 3 is 2.70 bits per heavy atom. The Labute approximate surface area is 138 Å². The number of allylic oxidation sites excluding steroid dienone is 1. The van der Waals surface area contributed by atoms with Crippen LogP contribution in [0.4, 0.5) is 5.69 Å². The van der Waals surface area contributed by atoms with Crippen LogP contribution >= 0.6 is 0 Å². The van der Waals surface area contributed by atoms with Crippen LogP contribution in [0.25, 0.3) is 0 Å². The molecule has 4 nitrogen and oxygen atoms in total. The third kappa shape index (κ3) is 4.95. The fourth-order valence-corrected chi connectivity index (χ4v) is 2.92. The molecule has 0 heterocycles. The zero-order valence-electron chi connectivity index (χ0n) is 14.1. The molecule has 124 valence electrons. The standard InChI is InChI=1S/C19H26N2O2/c1-3-16-11-7-8-14(2)17(16)21-19(23)18(22)20-13-12-15-9-5-4-6-10-15/h7-9,11H,3-6,10,12-13H2,1-2H3,(H,20,22)(H,21,23). The summed E-state index contributed by atoms with van der Waals surface area (Å²) < 4.78 is 0. The minimum atomic E-state index is -0.591. The molecule has 2 N–H and O–H groups in total. The molecule has 0 fully saturated rings. The minimum absolute atomic E-state index is 0.520. The summed E-state index contributed by atoms with van der Waals surface area (Å²) in [5.74, 6) is -1.15. The van der Waals surface area contributed by atoms with Crippen LogP contribution in [0.2, 0.25) is 0 Å². The Morgan fingerprint density at radius 1 is 1.17 bits per heavy atom. The summed E-state index contributed by atoms with van der Waals surface area (Å²) in [6, 6.07) is 5.86. The smallest absolute Gasteiger partial charge is 0.313 e. The molecule has 2 amide bonds. The first kappa shape index (κ1) is 17.3. The predicted octanol–water partition coefficient (Wildman–Crippen LogP) is 3.50. The van der Waals surface area contributed by atoms with E-state index in [4.69, 9.17) is 0 Å². The highest BCUT2D eigenvalue weighted by Gasteiger charge is 2.16. The topological polar surface area (TPSA) is 58.2 Å². The van der Waals surface area contributed by atoms with E-state index in [0.29, 0.717) is 6.54 Å². The molecule has 0 aromatic heterocycles. The number of aryl methyl sites for hydroxylation is 2. The quantitative estimate of drug-likeness (QED) is 0.645. The first-order valence-electron chi connectivity index (χ1n) is 8.47. The van der Waals surface area contributed by atoms with Crippen LogP contribution in [0, 0.1) is 6.92 Å². The lowest BCUT2D eigenvalue weighted by atomic mass is 9.97. The summed E-state index contributed by atoms with van der Waals surface area (Å²) in [6.07, 6.45) is 8.65. The molecule has 0 saturated carbocycles. The Bertz CT molecular complexity index is 605. The molecular formula is C19H26N2O2. The lowest BCUT2D eigenvalue weighted by molar-refractivity contribution is -0.136. The van der Waals surface area contributed by atoms with Crippen molar-refractivity contribution in [1.82, 2.24) is 5.32 Å². The second-order valence-corrected chi connectivity index (χ2v) is 6.03. The number of anilines is 1.